The van der Waals surface area contributed by atoms with Gasteiger partial charge in [0.1, 0.15) is 11.6 Å². The Morgan fingerprint density at radius 1 is 1.26 bits per heavy atom. The smallest absolute Gasteiger partial charge is 0.330 e. The van der Waals surface area contributed by atoms with Gasteiger partial charge in [0.2, 0.25) is 0 Å². The molecule has 0 amide bonds. The van der Waals surface area contributed by atoms with Gasteiger partial charge in [-0.2, -0.15) is 13.2 Å². The molecule has 0 bridgehead atoms. The van der Waals surface area contributed by atoms with Crippen molar-refractivity contribution in [2.24, 2.45) is 12.8 Å². The van der Waals surface area contributed by atoms with Crippen LogP contribution in [0.3, 0.4) is 0 Å². The van der Waals surface area contributed by atoms with E-state index in [-0.39, 0.29) is 23.7 Å². The Morgan fingerprint density at radius 3 is 2.57 bits per heavy atom. The van der Waals surface area contributed by atoms with Gasteiger partial charge in [-0.3, -0.25) is 0 Å². The molecular formula is C13H15ClF4N4S. The van der Waals surface area contributed by atoms with E-state index >= 15 is 0 Å². The lowest BCUT2D eigenvalue weighted by molar-refractivity contribution is -0.140. The number of rotatable bonds is 5. The number of nitrogens with two attached hydrogens (primary N) is 1. The number of hydrogen-bond acceptors (Lipinski definition) is 4. The van der Waals surface area contributed by atoms with Crippen LogP contribution < -0.4 is 5.73 Å². The first kappa shape index (κ1) is 19.7. The lowest BCUT2D eigenvalue weighted by Gasteiger charge is -2.10. The molecule has 1 heterocycles. The second-order valence-corrected chi connectivity index (χ2v) is 5.50. The minimum absolute atomic E-state index is 0. The van der Waals surface area contributed by atoms with Gasteiger partial charge < -0.3 is 10.3 Å². The van der Waals surface area contributed by atoms with E-state index in [4.69, 9.17) is 5.73 Å². The normalized spacial score (nSPS) is 11.4. The van der Waals surface area contributed by atoms with Crippen LogP contribution in [0.4, 0.5) is 17.6 Å². The zero-order valence-electron chi connectivity index (χ0n) is 12.1. The summed E-state index contributed by atoms with van der Waals surface area (Å²) < 4.78 is 53.6. The molecule has 23 heavy (non-hydrogen) atoms. The highest BCUT2D eigenvalue weighted by Crippen LogP contribution is 2.33. The molecular weight excluding hydrogens is 356 g/mol. The van der Waals surface area contributed by atoms with Crippen LogP contribution in [0.15, 0.2) is 23.4 Å². The Bertz CT molecular complexity index is 660. The summed E-state index contributed by atoms with van der Waals surface area (Å²) in [4.78, 5) is 0. The molecule has 0 unspecified atom stereocenters. The summed E-state index contributed by atoms with van der Waals surface area (Å²) in [7, 11) is 1.73. The number of alkyl halides is 3. The van der Waals surface area contributed by atoms with Gasteiger partial charge in [-0.15, -0.1) is 22.6 Å². The number of halogens is 5. The van der Waals surface area contributed by atoms with Crippen LogP contribution in [0.2, 0.25) is 0 Å². The number of aromatic nitrogens is 3. The maximum Gasteiger partial charge on any atom is 0.419 e. The summed E-state index contributed by atoms with van der Waals surface area (Å²) in [5, 5.41) is 8.36. The third-order valence-electron chi connectivity index (χ3n) is 3.03. The molecule has 2 aromatic rings. The SMILES string of the molecule is Cl.Cn1c(CCN)nnc1SCc1cccc(C(F)(F)F)c1F. The zero-order chi connectivity index (χ0) is 16.3. The summed E-state index contributed by atoms with van der Waals surface area (Å²) in [6, 6.07) is 3.25. The molecule has 0 fully saturated rings. The topological polar surface area (TPSA) is 56.7 Å². The predicted molar refractivity (Wildman–Crippen MR) is 82.0 cm³/mol. The Kier molecular flexibility index (Phi) is 6.84. The summed E-state index contributed by atoms with van der Waals surface area (Å²) >= 11 is 1.12. The number of thioether (sulfide) groups is 1. The monoisotopic (exact) mass is 370 g/mol. The Labute approximate surface area is 140 Å². The first-order valence-corrected chi connectivity index (χ1v) is 7.39. The van der Waals surface area contributed by atoms with Gasteiger partial charge >= 0.3 is 6.18 Å². The van der Waals surface area contributed by atoms with E-state index in [0.29, 0.717) is 23.9 Å². The molecule has 0 aliphatic carbocycles. The van der Waals surface area contributed by atoms with Crippen molar-refractivity contribution in [3.8, 4) is 0 Å². The lowest BCUT2D eigenvalue weighted by atomic mass is 10.1. The fourth-order valence-corrected chi connectivity index (χ4v) is 2.78. The third kappa shape index (κ3) is 4.58. The van der Waals surface area contributed by atoms with Crippen molar-refractivity contribution in [2.75, 3.05) is 6.54 Å². The molecule has 10 heteroatoms. The molecule has 2 rings (SSSR count). The van der Waals surface area contributed by atoms with E-state index in [1.807, 2.05) is 0 Å². The zero-order valence-corrected chi connectivity index (χ0v) is 13.7. The number of nitrogens with zero attached hydrogens (tertiary/aromatic N) is 3. The second-order valence-electron chi connectivity index (χ2n) is 4.56. The Morgan fingerprint density at radius 2 is 1.96 bits per heavy atom. The van der Waals surface area contributed by atoms with E-state index in [2.05, 4.69) is 10.2 Å². The average molecular weight is 371 g/mol. The summed E-state index contributed by atoms with van der Waals surface area (Å²) in [6.45, 7) is 0.416. The van der Waals surface area contributed by atoms with E-state index in [1.54, 1.807) is 11.6 Å². The molecule has 0 aliphatic rings. The van der Waals surface area contributed by atoms with Crippen LogP contribution in [-0.4, -0.2) is 21.3 Å². The van der Waals surface area contributed by atoms with Gasteiger partial charge in [0.05, 0.1) is 5.56 Å². The highest BCUT2D eigenvalue weighted by molar-refractivity contribution is 7.98. The van der Waals surface area contributed by atoms with Crippen molar-refractivity contribution < 1.29 is 17.6 Å². The molecule has 0 saturated carbocycles. The van der Waals surface area contributed by atoms with Crippen molar-refractivity contribution >= 4 is 24.2 Å². The molecule has 128 valence electrons. The quantitative estimate of drug-likeness (QED) is 0.648. The highest BCUT2D eigenvalue weighted by atomic mass is 35.5. The molecule has 1 aromatic carbocycles. The average Bonchev–Trinajstić information content (AvgIpc) is 2.78. The second kappa shape index (κ2) is 7.98. The Hall–Kier alpha value is -1.32. The molecule has 0 atom stereocenters. The maximum atomic E-state index is 13.9. The summed E-state index contributed by atoms with van der Waals surface area (Å²) in [6.07, 6.45) is -4.16. The fourth-order valence-electron chi connectivity index (χ4n) is 1.87. The summed E-state index contributed by atoms with van der Waals surface area (Å²) in [5.41, 5.74) is 4.16. The van der Waals surface area contributed by atoms with Crippen LogP contribution in [0.5, 0.6) is 0 Å². The van der Waals surface area contributed by atoms with E-state index < -0.39 is 17.6 Å². The minimum atomic E-state index is -4.70. The van der Waals surface area contributed by atoms with Gasteiger partial charge in [-0.1, -0.05) is 23.9 Å². The molecule has 0 aliphatic heterocycles. The van der Waals surface area contributed by atoms with Crippen molar-refractivity contribution in [1.82, 2.24) is 14.8 Å². The van der Waals surface area contributed by atoms with Gasteiger partial charge in [-0.05, 0) is 18.2 Å². The molecule has 4 nitrogen and oxygen atoms in total. The van der Waals surface area contributed by atoms with E-state index in [1.165, 1.54) is 12.1 Å². The molecule has 0 spiro atoms. The largest absolute Gasteiger partial charge is 0.419 e. The van der Waals surface area contributed by atoms with Crippen LogP contribution >= 0.6 is 24.2 Å². The predicted octanol–water partition coefficient (Wildman–Crippen LogP) is 3.19. The van der Waals surface area contributed by atoms with Crippen LogP contribution in [0, 0.1) is 5.82 Å². The molecule has 2 N–H and O–H groups in total. The van der Waals surface area contributed by atoms with E-state index in [0.717, 1.165) is 17.8 Å². The first-order chi connectivity index (χ1) is 10.3. The van der Waals surface area contributed by atoms with Crippen LogP contribution in [-0.2, 0) is 25.4 Å². The minimum Gasteiger partial charge on any atom is -0.330 e. The van der Waals surface area contributed by atoms with Gasteiger partial charge in [-0.25, -0.2) is 4.39 Å². The fraction of sp³-hybridized carbons (Fsp3) is 0.385. The van der Waals surface area contributed by atoms with Gasteiger partial charge in [0.15, 0.2) is 5.16 Å². The molecule has 1 aromatic heterocycles. The summed E-state index contributed by atoms with van der Waals surface area (Å²) in [5.74, 6) is -0.536. The Balaban J connectivity index is 0.00000264. The standard InChI is InChI=1S/C13H14F4N4S.ClH/c1-21-10(5-6-18)19-20-12(21)22-7-8-3-2-4-9(11(8)14)13(15,16)17;/h2-4H,5-7,18H2,1H3;1H. The van der Waals surface area contributed by atoms with Crippen molar-refractivity contribution in [2.45, 2.75) is 23.5 Å². The van der Waals surface area contributed by atoms with E-state index in [9.17, 15) is 17.6 Å². The maximum absolute atomic E-state index is 13.9. The van der Waals surface area contributed by atoms with Crippen molar-refractivity contribution in [1.29, 1.82) is 0 Å². The lowest BCUT2D eigenvalue weighted by Crippen LogP contribution is -2.09. The van der Waals surface area contributed by atoms with Gasteiger partial charge in [0.25, 0.3) is 0 Å². The van der Waals surface area contributed by atoms with Crippen LogP contribution in [0.25, 0.3) is 0 Å². The van der Waals surface area contributed by atoms with Crippen molar-refractivity contribution in [3.05, 3.63) is 41.0 Å². The van der Waals surface area contributed by atoms with Gasteiger partial charge in [0, 0.05) is 19.2 Å². The number of hydrogen-bond donors (Lipinski definition) is 1. The van der Waals surface area contributed by atoms with Crippen LogP contribution in [0.1, 0.15) is 17.0 Å². The number of benzene rings is 1. The highest BCUT2D eigenvalue weighted by Gasteiger charge is 2.34. The molecule has 0 radical (unpaired) electrons. The molecule has 0 saturated heterocycles. The third-order valence-corrected chi connectivity index (χ3v) is 4.10. The first-order valence-electron chi connectivity index (χ1n) is 6.40. The van der Waals surface area contributed by atoms with Crippen molar-refractivity contribution in [3.63, 3.8) is 0 Å².